The fourth-order valence-electron chi connectivity index (χ4n) is 3.24. The van der Waals surface area contributed by atoms with Gasteiger partial charge in [0.15, 0.2) is 0 Å². The lowest BCUT2D eigenvalue weighted by Crippen LogP contribution is -2.07. The molecule has 0 aliphatic heterocycles. The highest BCUT2D eigenvalue weighted by Gasteiger charge is 2.08. The minimum Gasteiger partial charge on any atom is -0.457 e. The molecule has 0 fully saturated rings. The zero-order chi connectivity index (χ0) is 27.1. The third kappa shape index (κ3) is 6.98. The second kappa shape index (κ2) is 11.8. The molecule has 6 heteroatoms. The van der Waals surface area contributed by atoms with Gasteiger partial charge >= 0.3 is 11.9 Å². The first kappa shape index (κ1) is 26.0. The van der Waals surface area contributed by atoms with Gasteiger partial charge in [-0.25, -0.2) is 9.59 Å². The van der Waals surface area contributed by atoms with Crippen LogP contribution >= 0.6 is 0 Å². The maximum absolute atomic E-state index is 11.6. The third-order valence-corrected chi connectivity index (χ3v) is 5.28. The number of hydrogen-bond donors (Lipinski definition) is 0. The summed E-state index contributed by atoms with van der Waals surface area (Å²) in [6, 6.07) is 29.0. The highest BCUT2D eigenvalue weighted by Crippen LogP contribution is 2.30. The van der Waals surface area contributed by atoms with Crippen molar-refractivity contribution in [2.24, 2.45) is 0 Å². The number of ether oxygens (including phenoxy) is 4. The zero-order valence-electron chi connectivity index (χ0n) is 21.1. The molecule has 0 unspecified atom stereocenters. The van der Waals surface area contributed by atoms with Crippen molar-refractivity contribution in [3.8, 4) is 45.6 Å². The molecule has 0 radical (unpaired) electrons. The predicted molar refractivity (Wildman–Crippen MR) is 146 cm³/mol. The highest BCUT2D eigenvalue weighted by atomic mass is 16.5. The van der Waals surface area contributed by atoms with Gasteiger partial charge in [-0.05, 0) is 97.8 Å². The Morgan fingerprint density at radius 3 is 0.947 bits per heavy atom. The van der Waals surface area contributed by atoms with E-state index < -0.39 is 11.9 Å². The Labute approximate surface area is 221 Å². The van der Waals surface area contributed by atoms with E-state index in [0.717, 1.165) is 11.1 Å². The number of carbonyl (C=O) groups excluding carboxylic acids is 2. The van der Waals surface area contributed by atoms with E-state index >= 15 is 0 Å². The molecule has 0 bridgehead atoms. The average Bonchev–Trinajstić information content (AvgIpc) is 2.91. The van der Waals surface area contributed by atoms with Crippen LogP contribution in [0.4, 0.5) is 0 Å². The van der Waals surface area contributed by atoms with E-state index in [1.54, 1.807) is 62.4 Å². The lowest BCUT2D eigenvalue weighted by Gasteiger charge is -2.10. The molecular weight excluding hydrogens is 480 g/mol. The van der Waals surface area contributed by atoms with Crippen LogP contribution in [0.3, 0.4) is 0 Å². The van der Waals surface area contributed by atoms with Gasteiger partial charge in [-0.15, -0.1) is 0 Å². The lowest BCUT2D eigenvalue weighted by atomic mass is 10.1. The smallest absolute Gasteiger partial charge is 0.338 e. The van der Waals surface area contributed by atoms with Gasteiger partial charge in [0.05, 0.1) is 0 Å². The van der Waals surface area contributed by atoms with Crippen molar-refractivity contribution < 1.29 is 28.5 Å². The van der Waals surface area contributed by atoms with Gasteiger partial charge in [0.2, 0.25) is 0 Å². The van der Waals surface area contributed by atoms with Gasteiger partial charge < -0.3 is 18.9 Å². The fraction of sp³-hybridized carbons (Fsp3) is 0.0625. The molecule has 0 amide bonds. The molecular formula is C32H26O6. The van der Waals surface area contributed by atoms with E-state index in [1.807, 2.05) is 48.5 Å². The monoisotopic (exact) mass is 506 g/mol. The van der Waals surface area contributed by atoms with Crippen LogP contribution in [0.25, 0.3) is 11.1 Å². The van der Waals surface area contributed by atoms with Crippen molar-refractivity contribution in [3.63, 3.8) is 0 Å². The van der Waals surface area contributed by atoms with Crippen molar-refractivity contribution in [1.82, 2.24) is 0 Å². The standard InChI is InChI=1S/C32H26O6/c1-21(2)31(33)37-29-17-13-27(14-18-29)35-25-9-5-23(6-10-25)24-7-11-26(12-8-24)36-28-15-19-30(20-16-28)38-32(34)22(3)4/h5-20H,1,3H2,2,4H3. The molecule has 4 aromatic rings. The molecule has 0 atom stereocenters. The minimum absolute atomic E-state index is 0.336. The Morgan fingerprint density at radius 1 is 0.447 bits per heavy atom. The summed E-state index contributed by atoms with van der Waals surface area (Å²) in [5.74, 6) is 2.52. The van der Waals surface area contributed by atoms with Crippen LogP contribution in [-0.4, -0.2) is 11.9 Å². The highest BCUT2D eigenvalue weighted by molar-refractivity contribution is 5.89. The molecule has 0 N–H and O–H groups in total. The second-order valence-corrected chi connectivity index (χ2v) is 8.54. The SMILES string of the molecule is C=C(C)C(=O)Oc1ccc(Oc2ccc(-c3ccc(Oc4ccc(OC(=O)C(=C)C)cc4)cc3)cc2)cc1. The van der Waals surface area contributed by atoms with Crippen molar-refractivity contribution in [2.75, 3.05) is 0 Å². The zero-order valence-corrected chi connectivity index (χ0v) is 21.1. The summed E-state index contributed by atoms with van der Waals surface area (Å²) in [5.41, 5.74) is 2.72. The molecule has 0 saturated heterocycles. The van der Waals surface area contributed by atoms with Gasteiger partial charge in [-0.2, -0.15) is 0 Å². The predicted octanol–water partition coefficient (Wildman–Crippen LogP) is 7.90. The van der Waals surface area contributed by atoms with Crippen molar-refractivity contribution in [2.45, 2.75) is 13.8 Å². The van der Waals surface area contributed by atoms with E-state index in [0.29, 0.717) is 45.6 Å². The van der Waals surface area contributed by atoms with Crippen LogP contribution in [0.5, 0.6) is 34.5 Å². The third-order valence-electron chi connectivity index (χ3n) is 5.28. The maximum atomic E-state index is 11.6. The Kier molecular flexibility index (Phi) is 8.04. The topological polar surface area (TPSA) is 71.1 Å². The van der Waals surface area contributed by atoms with E-state index in [-0.39, 0.29) is 0 Å². The first-order valence-electron chi connectivity index (χ1n) is 11.8. The molecule has 0 heterocycles. The van der Waals surface area contributed by atoms with Crippen LogP contribution in [-0.2, 0) is 9.59 Å². The Bertz CT molecular complexity index is 1330. The maximum Gasteiger partial charge on any atom is 0.338 e. The van der Waals surface area contributed by atoms with Crippen molar-refractivity contribution in [1.29, 1.82) is 0 Å². The number of esters is 2. The van der Waals surface area contributed by atoms with E-state index in [2.05, 4.69) is 13.2 Å². The van der Waals surface area contributed by atoms with Crippen LogP contribution in [0.2, 0.25) is 0 Å². The Morgan fingerprint density at radius 2 is 0.684 bits per heavy atom. The minimum atomic E-state index is -0.466. The van der Waals surface area contributed by atoms with Crippen molar-refractivity contribution in [3.05, 3.63) is 121 Å². The molecule has 0 aliphatic rings. The molecule has 0 aliphatic carbocycles. The summed E-state index contributed by atoms with van der Waals surface area (Å²) in [5, 5.41) is 0. The average molecular weight is 507 g/mol. The van der Waals surface area contributed by atoms with Gasteiger partial charge in [0.1, 0.15) is 34.5 Å². The summed E-state index contributed by atoms with van der Waals surface area (Å²) < 4.78 is 22.2. The largest absolute Gasteiger partial charge is 0.457 e. The molecule has 190 valence electrons. The molecule has 6 nitrogen and oxygen atoms in total. The number of rotatable bonds is 9. The number of carbonyl (C=O) groups is 2. The molecule has 0 spiro atoms. The van der Waals surface area contributed by atoms with Crippen LogP contribution < -0.4 is 18.9 Å². The first-order valence-corrected chi connectivity index (χ1v) is 11.8. The van der Waals surface area contributed by atoms with E-state index in [9.17, 15) is 9.59 Å². The normalized spacial score (nSPS) is 10.3. The number of benzene rings is 4. The summed E-state index contributed by atoms with van der Waals surface area (Å²) in [6.07, 6.45) is 0. The van der Waals surface area contributed by atoms with Crippen molar-refractivity contribution >= 4 is 11.9 Å². The van der Waals surface area contributed by atoms with Gasteiger partial charge in [0, 0.05) is 11.1 Å². The molecule has 4 rings (SSSR count). The fourth-order valence-corrected chi connectivity index (χ4v) is 3.24. The van der Waals surface area contributed by atoms with E-state index in [1.165, 1.54) is 0 Å². The van der Waals surface area contributed by atoms with Crippen LogP contribution in [0.15, 0.2) is 121 Å². The molecule has 0 aromatic heterocycles. The molecule has 38 heavy (non-hydrogen) atoms. The summed E-state index contributed by atoms with van der Waals surface area (Å²) in [6.45, 7) is 10.3. The van der Waals surface area contributed by atoms with Crippen LogP contribution in [0.1, 0.15) is 13.8 Å². The molecule has 4 aromatic carbocycles. The Hall–Kier alpha value is -5.10. The van der Waals surface area contributed by atoms with Gasteiger partial charge in [-0.3, -0.25) is 0 Å². The van der Waals surface area contributed by atoms with Crippen LogP contribution in [0, 0.1) is 0 Å². The second-order valence-electron chi connectivity index (χ2n) is 8.54. The number of hydrogen-bond acceptors (Lipinski definition) is 6. The molecule has 0 saturated carbocycles. The summed E-state index contributed by atoms with van der Waals surface area (Å²) in [4.78, 5) is 23.2. The lowest BCUT2D eigenvalue weighted by molar-refractivity contribution is -0.130. The van der Waals surface area contributed by atoms with E-state index in [4.69, 9.17) is 18.9 Å². The van der Waals surface area contributed by atoms with Gasteiger partial charge in [0.25, 0.3) is 0 Å². The quantitative estimate of drug-likeness (QED) is 0.131. The Balaban J connectivity index is 1.33. The first-order chi connectivity index (χ1) is 18.3. The van der Waals surface area contributed by atoms with Gasteiger partial charge in [-0.1, -0.05) is 37.4 Å². The summed E-state index contributed by atoms with van der Waals surface area (Å²) in [7, 11) is 0. The summed E-state index contributed by atoms with van der Waals surface area (Å²) >= 11 is 0.